The molecule has 2 rings (SSSR count). The third-order valence-corrected chi connectivity index (χ3v) is 2.58. The summed E-state index contributed by atoms with van der Waals surface area (Å²) in [7, 11) is 0. The van der Waals surface area contributed by atoms with Gasteiger partial charge in [0.05, 0.1) is 0 Å². The number of terminal acetylenes is 1. The van der Waals surface area contributed by atoms with Crippen molar-refractivity contribution in [3.05, 3.63) is 29.8 Å². The molecule has 1 saturated heterocycles. The van der Waals surface area contributed by atoms with Gasteiger partial charge in [-0.1, -0.05) is 5.92 Å². The van der Waals surface area contributed by atoms with Gasteiger partial charge in [0.1, 0.15) is 11.9 Å². The second-order valence-electron chi connectivity index (χ2n) is 3.75. The number of nitrogens with one attached hydrogen (secondary N) is 1. The molecule has 1 N–H and O–H groups in total. The molecule has 1 aromatic rings. The molecule has 2 nitrogen and oxygen atoms in total. The minimum absolute atomic E-state index is 0.301. The first-order valence-electron chi connectivity index (χ1n) is 5.32. The standard InChI is InChI=1S/C13H15NO/c1-2-11-5-7-12(8-6-11)15-13-4-3-9-14-10-13/h1,5-8,13-14H,3-4,9-10H2. The van der Waals surface area contributed by atoms with Crippen molar-refractivity contribution in [1.82, 2.24) is 5.32 Å². The van der Waals surface area contributed by atoms with E-state index in [0.717, 1.165) is 30.8 Å². The number of ether oxygens (including phenoxy) is 1. The average molecular weight is 201 g/mol. The zero-order valence-corrected chi connectivity index (χ0v) is 8.70. The molecule has 78 valence electrons. The molecule has 0 radical (unpaired) electrons. The van der Waals surface area contributed by atoms with Crippen LogP contribution < -0.4 is 10.1 Å². The lowest BCUT2D eigenvalue weighted by molar-refractivity contribution is 0.167. The average Bonchev–Trinajstić information content (AvgIpc) is 2.31. The highest BCUT2D eigenvalue weighted by Crippen LogP contribution is 2.16. The van der Waals surface area contributed by atoms with Gasteiger partial charge in [0.2, 0.25) is 0 Å². The van der Waals surface area contributed by atoms with Crippen molar-refractivity contribution in [3.63, 3.8) is 0 Å². The molecule has 2 heteroatoms. The fraction of sp³-hybridized carbons (Fsp3) is 0.385. The molecule has 1 heterocycles. The molecule has 1 aromatic carbocycles. The zero-order valence-electron chi connectivity index (χ0n) is 8.70. The Labute approximate surface area is 90.6 Å². The van der Waals surface area contributed by atoms with E-state index in [1.165, 1.54) is 6.42 Å². The summed E-state index contributed by atoms with van der Waals surface area (Å²) in [4.78, 5) is 0. The second-order valence-corrected chi connectivity index (χ2v) is 3.75. The van der Waals surface area contributed by atoms with Gasteiger partial charge in [-0.3, -0.25) is 0 Å². The number of hydrogen-bond acceptors (Lipinski definition) is 2. The maximum absolute atomic E-state index is 5.82. The second kappa shape index (κ2) is 4.86. The largest absolute Gasteiger partial charge is 0.489 e. The Balaban J connectivity index is 1.95. The SMILES string of the molecule is C#Cc1ccc(OC2CCCNC2)cc1. The van der Waals surface area contributed by atoms with Crippen LogP contribution in [0.5, 0.6) is 5.75 Å². The minimum Gasteiger partial charge on any atom is -0.489 e. The predicted molar refractivity (Wildman–Crippen MR) is 60.9 cm³/mol. The highest BCUT2D eigenvalue weighted by molar-refractivity contribution is 5.36. The van der Waals surface area contributed by atoms with Crippen LogP contribution in [0.3, 0.4) is 0 Å². The van der Waals surface area contributed by atoms with Crippen LogP contribution in [0.15, 0.2) is 24.3 Å². The molecule has 1 atom stereocenters. The van der Waals surface area contributed by atoms with Crippen LogP contribution >= 0.6 is 0 Å². The summed E-state index contributed by atoms with van der Waals surface area (Å²) in [6.07, 6.45) is 7.90. The van der Waals surface area contributed by atoms with E-state index in [4.69, 9.17) is 11.2 Å². The van der Waals surface area contributed by atoms with Crippen LogP contribution in [0.25, 0.3) is 0 Å². The van der Waals surface area contributed by atoms with E-state index < -0.39 is 0 Å². The molecule has 0 bridgehead atoms. The van der Waals surface area contributed by atoms with Gasteiger partial charge < -0.3 is 10.1 Å². The van der Waals surface area contributed by atoms with Crippen LogP contribution in [0, 0.1) is 12.3 Å². The minimum atomic E-state index is 0.301. The van der Waals surface area contributed by atoms with Gasteiger partial charge in [-0.15, -0.1) is 6.42 Å². The maximum atomic E-state index is 5.82. The third-order valence-electron chi connectivity index (χ3n) is 2.58. The van der Waals surface area contributed by atoms with Gasteiger partial charge >= 0.3 is 0 Å². The van der Waals surface area contributed by atoms with E-state index in [0.29, 0.717) is 6.10 Å². The van der Waals surface area contributed by atoms with Crippen LogP contribution in [0.1, 0.15) is 18.4 Å². The number of rotatable bonds is 2. The zero-order chi connectivity index (χ0) is 10.5. The van der Waals surface area contributed by atoms with Crippen LogP contribution in [0.4, 0.5) is 0 Å². The Morgan fingerprint density at radius 2 is 2.13 bits per heavy atom. The number of hydrogen-bond donors (Lipinski definition) is 1. The first-order chi connectivity index (χ1) is 7.38. The van der Waals surface area contributed by atoms with Gasteiger partial charge in [-0.05, 0) is 43.7 Å². The molecule has 1 fully saturated rings. The quantitative estimate of drug-likeness (QED) is 0.737. The molecule has 1 aliphatic heterocycles. The van der Waals surface area contributed by atoms with E-state index >= 15 is 0 Å². The number of piperidine rings is 1. The summed E-state index contributed by atoms with van der Waals surface area (Å²) in [5, 5.41) is 3.32. The Morgan fingerprint density at radius 3 is 2.73 bits per heavy atom. The first-order valence-corrected chi connectivity index (χ1v) is 5.32. The molecule has 0 aliphatic carbocycles. The fourth-order valence-corrected chi connectivity index (χ4v) is 1.74. The van der Waals surface area contributed by atoms with E-state index in [2.05, 4.69) is 11.2 Å². The van der Waals surface area contributed by atoms with Crippen LogP contribution in [0.2, 0.25) is 0 Å². The van der Waals surface area contributed by atoms with E-state index in [1.54, 1.807) is 0 Å². The van der Waals surface area contributed by atoms with Gasteiger partial charge in [0.25, 0.3) is 0 Å². The van der Waals surface area contributed by atoms with Crippen molar-refractivity contribution < 1.29 is 4.74 Å². The van der Waals surface area contributed by atoms with Gasteiger partial charge in [-0.2, -0.15) is 0 Å². The molecule has 15 heavy (non-hydrogen) atoms. The summed E-state index contributed by atoms with van der Waals surface area (Å²) in [5.74, 6) is 3.50. The molecule has 0 saturated carbocycles. The Kier molecular flexibility index (Phi) is 3.26. The Morgan fingerprint density at radius 1 is 1.33 bits per heavy atom. The van der Waals surface area contributed by atoms with Crippen molar-refractivity contribution in [2.24, 2.45) is 0 Å². The highest BCUT2D eigenvalue weighted by Gasteiger charge is 2.13. The number of benzene rings is 1. The summed E-state index contributed by atoms with van der Waals surface area (Å²) >= 11 is 0. The van der Waals surface area contributed by atoms with Crippen molar-refractivity contribution >= 4 is 0 Å². The summed E-state index contributed by atoms with van der Waals surface area (Å²) < 4.78 is 5.82. The van der Waals surface area contributed by atoms with Crippen LogP contribution in [-0.4, -0.2) is 19.2 Å². The molecule has 0 spiro atoms. The first kappa shape index (κ1) is 10.1. The smallest absolute Gasteiger partial charge is 0.119 e. The van der Waals surface area contributed by atoms with Crippen molar-refractivity contribution in [2.75, 3.05) is 13.1 Å². The molecule has 1 aliphatic rings. The van der Waals surface area contributed by atoms with Gasteiger partial charge in [0, 0.05) is 12.1 Å². The highest BCUT2D eigenvalue weighted by atomic mass is 16.5. The Hall–Kier alpha value is -1.46. The van der Waals surface area contributed by atoms with Crippen molar-refractivity contribution in [2.45, 2.75) is 18.9 Å². The summed E-state index contributed by atoms with van der Waals surface area (Å²) in [6.45, 7) is 2.05. The molecule has 0 aromatic heterocycles. The normalized spacial score (nSPS) is 20.6. The summed E-state index contributed by atoms with van der Waals surface area (Å²) in [6, 6.07) is 7.69. The summed E-state index contributed by atoms with van der Waals surface area (Å²) in [5.41, 5.74) is 0.893. The lowest BCUT2D eigenvalue weighted by atomic mass is 10.1. The van der Waals surface area contributed by atoms with Crippen molar-refractivity contribution in [3.8, 4) is 18.1 Å². The van der Waals surface area contributed by atoms with E-state index in [-0.39, 0.29) is 0 Å². The van der Waals surface area contributed by atoms with Crippen LogP contribution in [-0.2, 0) is 0 Å². The molecule has 1 unspecified atom stereocenters. The molecular weight excluding hydrogens is 186 g/mol. The van der Waals surface area contributed by atoms with E-state index in [1.807, 2.05) is 24.3 Å². The lowest BCUT2D eigenvalue weighted by Crippen LogP contribution is -2.37. The third kappa shape index (κ3) is 2.74. The lowest BCUT2D eigenvalue weighted by Gasteiger charge is -2.23. The molecular formula is C13H15NO. The van der Waals surface area contributed by atoms with E-state index in [9.17, 15) is 0 Å². The van der Waals surface area contributed by atoms with Gasteiger partial charge in [0.15, 0.2) is 0 Å². The monoisotopic (exact) mass is 201 g/mol. The fourth-order valence-electron chi connectivity index (χ4n) is 1.74. The maximum Gasteiger partial charge on any atom is 0.119 e. The predicted octanol–water partition coefficient (Wildman–Crippen LogP) is 1.80. The topological polar surface area (TPSA) is 21.3 Å². The molecule has 0 amide bonds. The Bertz CT molecular complexity index is 344. The van der Waals surface area contributed by atoms with Gasteiger partial charge in [-0.25, -0.2) is 0 Å². The van der Waals surface area contributed by atoms with Crippen molar-refractivity contribution in [1.29, 1.82) is 0 Å².